The van der Waals surface area contributed by atoms with Crippen LogP contribution in [0.3, 0.4) is 0 Å². The van der Waals surface area contributed by atoms with Crippen molar-refractivity contribution >= 4 is 42.5 Å². The maximum Gasteiger partial charge on any atom is 0.223 e. The molecule has 63 heavy (non-hydrogen) atoms. The highest BCUT2D eigenvalue weighted by Gasteiger charge is 2.60. The molecule has 1 heterocycles. The first-order valence-corrected chi connectivity index (χ1v) is 31.1. The Labute approximate surface area is 387 Å². The number of amides is 1. The van der Waals surface area contributed by atoms with Gasteiger partial charge < -0.3 is 37.5 Å². The molecule has 2 aromatic carbocycles. The Kier molecular flexibility index (Phi) is 16.7. The number of halogens is 1. The first-order chi connectivity index (χ1) is 29.0. The summed E-state index contributed by atoms with van der Waals surface area (Å²) in [6.07, 6.45) is 8.82. The van der Waals surface area contributed by atoms with E-state index >= 15 is 0 Å². The molecule has 1 aliphatic heterocycles. The number of benzene rings is 2. The van der Waals surface area contributed by atoms with Crippen molar-refractivity contribution in [2.75, 3.05) is 27.4 Å². The Hall–Kier alpha value is -3.31. The summed E-state index contributed by atoms with van der Waals surface area (Å²) in [6.45, 7) is 33.7. The molecule has 0 fully saturated rings. The first-order valence-electron chi connectivity index (χ1n) is 22.0. The summed E-state index contributed by atoms with van der Waals surface area (Å²) in [4.78, 5) is 13.9. The van der Waals surface area contributed by atoms with Crippen LogP contribution in [0.15, 0.2) is 59.7 Å². The average Bonchev–Trinajstić information content (AvgIpc) is 3.49. The van der Waals surface area contributed by atoms with Gasteiger partial charge in [-0.05, 0) is 84.6 Å². The van der Waals surface area contributed by atoms with Gasteiger partial charge in [0.2, 0.25) is 5.91 Å². The lowest BCUT2D eigenvalue weighted by Crippen LogP contribution is -2.64. The van der Waals surface area contributed by atoms with Crippen molar-refractivity contribution in [3.05, 3.63) is 75.8 Å². The quantitative estimate of drug-likeness (QED) is 0.166. The smallest absolute Gasteiger partial charge is 0.223 e. The van der Waals surface area contributed by atoms with Crippen LogP contribution in [-0.4, -0.2) is 76.0 Å². The Balaban J connectivity index is 2.03. The van der Waals surface area contributed by atoms with Crippen LogP contribution in [0, 0.1) is 24.2 Å². The fourth-order valence-corrected chi connectivity index (χ4v) is 11.0. The molecule has 13 heteroatoms. The monoisotopic (exact) mass is 935 g/mol. The summed E-state index contributed by atoms with van der Waals surface area (Å²) in [5.74, 6) is 11.2. The highest BCUT2D eigenvalue weighted by molar-refractivity contribution is 6.75. The Morgan fingerprint density at radius 2 is 1.43 bits per heavy atom. The van der Waals surface area contributed by atoms with Gasteiger partial charge >= 0.3 is 0 Å². The SMILES string of the molecule is C#C[C@H]1Oc2c(OC)ccc(c2Cl)C(O[Si](C)(C)C(C)(C)C)CC(=O)NC/C=C(/COCc2ccc(OC)cc2)C#CC2=CC[C@H](O[Si](C)(C)C(C)(C)C)[C@@]21O[Si](C)(C)C(C)(C)C. The number of hydrogen-bond donors (Lipinski definition) is 1. The van der Waals surface area contributed by atoms with Gasteiger partial charge in [-0.2, -0.15) is 0 Å². The first kappa shape index (κ1) is 52.3. The fraction of sp³-hybridized carbons (Fsp3) is 0.580. The van der Waals surface area contributed by atoms with Crippen LogP contribution in [0.2, 0.25) is 59.4 Å². The number of carbonyl (C=O) groups is 1. The topological polar surface area (TPSA) is 93.7 Å². The maximum absolute atomic E-state index is 13.9. The third-order valence-electron chi connectivity index (χ3n) is 13.6. The molecule has 0 spiro atoms. The number of fused-ring (bicyclic) bond motifs is 3. The van der Waals surface area contributed by atoms with E-state index in [-0.39, 0.29) is 51.4 Å². The Morgan fingerprint density at radius 3 is 1.98 bits per heavy atom. The molecule has 2 aliphatic rings. The van der Waals surface area contributed by atoms with Crippen LogP contribution in [0.4, 0.5) is 0 Å². The van der Waals surface area contributed by atoms with E-state index in [1.807, 2.05) is 36.4 Å². The molecule has 1 N–H and O–H groups in total. The Morgan fingerprint density at radius 1 is 0.825 bits per heavy atom. The minimum absolute atomic E-state index is 0.00707. The van der Waals surface area contributed by atoms with Crippen molar-refractivity contribution < 1.29 is 37.0 Å². The van der Waals surface area contributed by atoms with Crippen molar-refractivity contribution in [3.63, 3.8) is 0 Å². The number of ether oxygens (including phenoxy) is 4. The van der Waals surface area contributed by atoms with Gasteiger partial charge in [0.15, 0.2) is 48.2 Å². The molecule has 2 bridgehead atoms. The van der Waals surface area contributed by atoms with E-state index in [0.29, 0.717) is 35.5 Å². The number of carbonyl (C=O) groups excluding carboxylic acids is 1. The second kappa shape index (κ2) is 20.1. The maximum atomic E-state index is 13.9. The highest BCUT2D eigenvalue weighted by Crippen LogP contribution is 2.52. The summed E-state index contributed by atoms with van der Waals surface area (Å²) in [7, 11) is -4.47. The van der Waals surface area contributed by atoms with Gasteiger partial charge in [-0.15, -0.1) is 6.42 Å². The van der Waals surface area contributed by atoms with E-state index in [1.54, 1.807) is 20.3 Å². The zero-order valence-corrected chi connectivity index (χ0v) is 44.9. The number of terminal acetylenes is 1. The summed E-state index contributed by atoms with van der Waals surface area (Å²) in [5, 5.41) is 2.81. The molecular weight excluding hydrogens is 862 g/mol. The second-order valence-electron chi connectivity index (χ2n) is 21.2. The Bertz CT molecular complexity index is 2110. The number of rotatable bonds is 12. The van der Waals surface area contributed by atoms with Crippen LogP contribution in [0.5, 0.6) is 17.2 Å². The van der Waals surface area contributed by atoms with Gasteiger partial charge in [-0.1, -0.05) is 122 Å². The van der Waals surface area contributed by atoms with Crippen LogP contribution >= 0.6 is 11.6 Å². The van der Waals surface area contributed by atoms with E-state index in [4.69, 9.17) is 50.2 Å². The lowest BCUT2D eigenvalue weighted by Gasteiger charge is -2.51. The number of methoxy groups -OCH3 is 2. The number of nitrogens with one attached hydrogen (secondary N) is 1. The fourth-order valence-electron chi connectivity index (χ4n) is 6.62. The molecule has 0 saturated carbocycles. The molecule has 4 rings (SSSR count). The standard InChI is InChI=1S/C50H74ClNO8Si3/c1-19-42-50(60-63(17,18)49(8,9)10)37(24-29-43(50)59-62(15,16)48(5,6)7)23-20-36(34-56-33-35-21-25-38(54-11)26-22-35)30-31-52-44(53)32-41(58-61(13,14)47(2,3)4)39-27-28-40(55-12)46(57-42)45(39)51/h1,21-22,24-28,30,41-43H,29,31-34H2,2-18H3,(H,52,53)/b36-30+/t41?,42-,43+,50-/m1/s1. The van der Waals surface area contributed by atoms with Crippen LogP contribution in [0.25, 0.3) is 0 Å². The van der Waals surface area contributed by atoms with Crippen molar-refractivity contribution in [1.29, 1.82) is 0 Å². The summed E-state index contributed by atoms with van der Waals surface area (Å²) >= 11 is 7.49. The lowest BCUT2D eigenvalue weighted by atomic mass is 9.87. The average molecular weight is 937 g/mol. The van der Waals surface area contributed by atoms with Gasteiger partial charge in [0.1, 0.15) is 5.75 Å². The highest BCUT2D eigenvalue weighted by atomic mass is 35.5. The van der Waals surface area contributed by atoms with E-state index in [2.05, 4.69) is 131 Å². The molecule has 2 aromatic rings. The van der Waals surface area contributed by atoms with E-state index < -0.39 is 48.9 Å². The summed E-state index contributed by atoms with van der Waals surface area (Å²) in [6, 6.07) is 11.4. The van der Waals surface area contributed by atoms with Gasteiger partial charge in [0.05, 0.1) is 51.1 Å². The van der Waals surface area contributed by atoms with Crippen molar-refractivity contribution in [3.8, 4) is 41.4 Å². The van der Waals surface area contributed by atoms with Gasteiger partial charge in [0.25, 0.3) is 0 Å². The molecular formula is C50H74ClNO8Si3. The van der Waals surface area contributed by atoms with Gasteiger partial charge in [-0.25, -0.2) is 0 Å². The third kappa shape index (κ3) is 12.1. The number of hydrogen-bond acceptors (Lipinski definition) is 8. The van der Waals surface area contributed by atoms with E-state index in [1.165, 1.54) is 0 Å². The van der Waals surface area contributed by atoms with Crippen molar-refractivity contribution in [1.82, 2.24) is 5.32 Å². The molecule has 4 atom stereocenters. The molecule has 1 aliphatic carbocycles. The second-order valence-corrected chi connectivity index (χ2v) is 35.9. The summed E-state index contributed by atoms with van der Waals surface area (Å²) in [5.41, 5.74) is 1.53. The van der Waals surface area contributed by atoms with E-state index in [9.17, 15) is 4.79 Å². The predicted molar refractivity (Wildman–Crippen MR) is 264 cm³/mol. The zero-order chi connectivity index (χ0) is 47.4. The van der Waals surface area contributed by atoms with Gasteiger partial charge in [-0.3, -0.25) is 4.79 Å². The molecule has 0 aromatic heterocycles. The molecule has 1 unspecified atom stereocenters. The minimum atomic E-state index is -2.72. The lowest BCUT2D eigenvalue weighted by molar-refractivity contribution is -0.122. The minimum Gasteiger partial charge on any atom is -0.497 e. The van der Waals surface area contributed by atoms with Crippen molar-refractivity contribution in [2.45, 2.75) is 160 Å². The van der Waals surface area contributed by atoms with Crippen LogP contribution in [0.1, 0.15) is 92.4 Å². The molecule has 346 valence electrons. The normalized spacial score (nSPS) is 22.6. The van der Waals surface area contributed by atoms with Crippen LogP contribution in [-0.2, 0) is 29.4 Å². The summed E-state index contributed by atoms with van der Waals surface area (Å²) < 4.78 is 46.9. The zero-order valence-electron chi connectivity index (χ0n) is 41.1. The van der Waals surface area contributed by atoms with Crippen molar-refractivity contribution in [2.24, 2.45) is 0 Å². The largest absolute Gasteiger partial charge is 0.497 e. The molecule has 1 amide bonds. The molecule has 0 radical (unpaired) electrons. The third-order valence-corrected chi connectivity index (χ3v) is 27.5. The molecule has 0 saturated heterocycles. The van der Waals surface area contributed by atoms with E-state index in [0.717, 1.165) is 11.3 Å². The molecule has 9 nitrogen and oxygen atoms in total. The predicted octanol–water partition coefficient (Wildman–Crippen LogP) is 11.9. The van der Waals surface area contributed by atoms with Gasteiger partial charge in [0, 0.05) is 23.3 Å². The van der Waals surface area contributed by atoms with Crippen LogP contribution < -0.4 is 19.5 Å².